The van der Waals surface area contributed by atoms with E-state index in [1.807, 2.05) is 18.7 Å². The van der Waals surface area contributed by atoms with E-state index in [2.05, 4.69) is 4.74 Å². The SMILES string of the molecule is COC(=O)CN(Cc1ccc(OC)c(F)c1)C(C)C. The Kier molecular flexibility index (Phi) is 5.76. The molecule has 1 rings (SSSR count). The summed E-state index contributed by atoms with van der Waals surface area (Å²) >= 11 is 0. The topological polar surface area (TPSA) is 38.8 Å². The molecule has 19 heavy (non-hydrogen) atoms. The Bertz CT molecular complexity index is 435. The third-order valence-corrected chi connectivity index (χ3v) is 2.89. The lowest BCUT2D eigenvalue weighted by atomic mass is 10.1. The van der Waals surface area contributed by atoms with E-state index in [0.29, 0.717) is 6.54 Å². The summed E-state index contributed by atoms with van der Waals surface area (Å²) in [5.41, 5.74) is 0.788. The molecule has 1 aromatic rings. The van der Waals surface area contributed by atoms with E-state index in [-0.39, 0.29) is 24.3 Å². The minimum atomic E-state index is -0.401. The monoisotopic (exact) mass is 269 g/mol. The third kappa shape index (κ3) is 4.52. The molecular formula is C14H20FNO3. The quantitative estimate of drug-likeness (QED) is 0.742. The summed E-state index contributed by atoms with van der Waals surface area (Å²) in [6, 6.07) is 4.95. The van der Waals surface area contributed by atoms with Crippen molar-refractivity contribution in [3.05, 3.63) is 29.6 Å². The van der Waals surface area contributed by atoms with E-state index in [4.69, 9.17) is 4.74 Å². The molecule has 0 amide bonds. The highest BCUT2D eigenvalue weighted by molar-refractivity contribution is 5.71. The van der Waals surface area contributed by atoms with Crippen LogP contribution in [0, 0.1) is 5.82 Å². The van der Waals surface area contributed by atoms with Crippen molar-refractivity contribution in [1.29, 1.82) is 0 Å². The van der Waals surface area contributed by atoms with Gasteiger partial charge in [0.05, 0.1) is 20.8 Å². The van der Waals surface area contributed by atoms with Crippen molar-refractivity contribution in [2.24, 2.45) is 0 Å². The van der Waals surface area contributed by atoms with Crippen molar-refractivity contribution in [3.63, 3.8) is 0 Å². The van der Waals surface area contributed by atoms with Crippen LogP contribution in [0.1, 0.15) is 19.4 Å². The molecule has 0 bridgehead atoms. The minimum absolute atomic E-state index is 0.157. The summed E-state index contributed by atoms with van der Waals surface area (Å²) in [6.07, 6.45) is 0. The number of benzene rings is 1. The van der Waals surface area contributed by atoms with Gasteiger partial charge in [-0.05, 0) is 31.5 Å². The fourth-order valence-corrected chi connectivity index (χ4v) is 1.69. The number of rotatable bonds is 6. The van der Waals surface area contributed by atoms with E-state index in [0.717, 1.165) is 5.56 Å². The van der Waals surface area contributed by atoms with Gasteiger partial charge >= 0.3 is 5.97 Å². The molecule has 0 N–H and O–H groups in total. The zero-order valence-electron chi connectivity index (χ0n) is 11.8. The molecule has 5 heteroatoms. The summed E-state index contributed by atoms with van der Waals surface area (Å²) in [4.78, 5) is 13.2. The first-order chi connectivity index (χ1) is 8.97. The highest BCUT2D eigenvalue weighted by atomic mass is 19.1. The number of esters is 1. The standard InChI is InChI=1S/C14H20FNO3/c1-10(2)16(9-14(17)19-4)8-11-5-6-13(18-3)12(15)7-11/h5-7,10H,8-9H2,1-4H3. The van der Waals surface area contributed by atoms with E-state index in [1.165, 1.54) is 20.3 Å². The Morgan fingerprint density at radius 1 is 1.37 bits per heavy atom. The summed E-state index contributed by atoms with van der Waals surface area (Å²) in [7, 11) is 2.78. The molecule has 0 saturated carbocycles. The molecule has 0 aliphatic rings. The highest BCUT2D eigenvalue weighted by Crippen LogP contribution is 2.19. The van der Waals surface area contributed by atoms with Crippen molar-refractivity contribution in [2.45, 2.75) is 26.4 Å². The molecule has 0 aliphatic heterocycles. The van der Waals surface area contributed by atoms with Gasteiger partial charge in [0.1, 0.15) is 0 Å². The van der Waals surface area contributed by atoms with Gasteiger partial charge in [0.25, 0.3) is 0 Å². The van der Waals surface area contributed by atoms with Crippen molar-refractivity contribution >= 4 is 5.97 Å². The normalized spacial score (nSPS) is 10.9. The van der Waals surface area contributed by atoms with Crippen LogP contribution in [0.15, 0.2) is 18.2 Å². The highest BCUT2D eigenvalue weighted by Gasteiger charge is 2.15. The molecule has 0 heterocycles. The van der Waals surface area contributed by atoms with Crippen LogP contribution in [0.5, 0.6) is 5.75 Å². The van der Waals surface area contributed by atoms with Gasteiger partial charge in [0.2, 0.25) is 0 Å². The van der Waals surface area contributed by atoms with Gasteiger partial charge in [0, 0.05) is 12.6 Å². The second-order valence-electron chi connectivity index (χ2n) is 4.54. The molecule has 0 radical (unpaired) electrons. The Hall–Kier alpha value is -1.62. The Labute approximate surface area is 113 Å². The smallest absolute Gasteiger partial charge is 0.319 e. The summed E-state index contributed by atoms with van der Waals surface area (Å²) in [5.74, 6) is -0.489. The van der Waals surface area contributed by atoms with Gasteiger partial charge in [-0.3, -0.25) is 9.69 Å². The van der Waals surface area contributed by atoms with E-state index in [9.17, 15) is 9.18 Å². The van der Waals surface area contributed by atoms with Crippen LogP contribution in [-0.4, -0.2) is 37.7 Å². The number of hydrogen-bond donors (Lipinski definition) is 0. The molecule has 1 aromatic carbocycles. The molecular weight excluding hydrogens is 249 g/mol. The predicted molar refractivity (Wildman–Crippen MR) is 70.5 cm³/mol. The Balaban J connectivity index is 2.79. The van der Waals surface area contributed by atoms with E-state index in [1.54, 1.807) is 12.1 Å². The lowest BCUT2D eigenvalue weighted by molar-refractivity contribution is -0.142. The van der Waals surface area contributed by atoms with E-state index < -0.39 is 5.82 Å². The summed E-state index contributed by atoms with van der Waals surface area (Å²) in [5, 5.41) is 0. The van der Waals surface area contributed by atoms with Crippen molar-refractivity contribution in [3.8, 4) is 5.75 Å². The fourth-order valence-electron chi connectivity index (χ4n) is 1.69. The number of carbonyl (C=O) groups is 1. The Morgan fingerprint density at radius 3 is 2.53 bits per heavy atom. The molecule has 4 nitrogen and oxygen atoms in total. The first-order valence-corrected chi connectivity index (χ1v) is 6.11. The fraction of sp³-hybridized carbons (Fsp3) is 0.500. The molecule has 0 atom stereocenters. The number of nitrogens with zero attached hydrogens (tertiary/aromatic N) is 1. The van der Waals surface area contributed by atoms with Gasteiger partial charge in [-0.25, -0.2) is 4.39 Å². The van der Waals surface area contributed by atoms with Gasteiger partial charge < -0.3 is 9.47 Å². The molecule has 106 valence electrons. The van der Waals surface area contributed by atoms with E-state index >= 15 is 0 Å². The predicted octanol–water partition coefficient (Wildman–Crippen LogP) is 2.22. The largest absolute Gasteiger partial charge is 0.494 e. The van der Waals surface area contributed by atoms with Crippen LogP contribution >= 0.6 is 0 Å². The lowest BCUT2D eigenvalue weighted by Gasteiger charge is -2.25. The maximum atomic E-state index is 13.6. The second-order valence-corrected chi connectivity index (χ2v) is 4.54. The molecule has 0 spiro atoms. The van der Waals surface area contributed by atoms with Gasteiger partial charge in [-0.1, -0.05) is 6.07 Å². The molecule has 0 saturated heterocycles. The third-order valence-electron chi connectivity index (χ3n) is 2.89. The average Bonchev–Trinajstić information content (AvgIpc) is 2.37. The molecule has 0 aliphatic carbocycles. The zero-order valence-corrected chi connectivity index (χ0v) is 11.8. The van der Waals surface area contributed by atoms with Crippen LogP contribution in [-0.2, 0) is 16.1 Å². The molecule has 0 unspecified atom stereocenters. The maximum Gasteiger partial charge on any atom is 0.319 e. The average molecular weight is 269 g/mol. The number of ether oxygens (including phenoxy) is 2. The second kappa shape index (κ2) is 7.09. The zero-order chi connectivity index (χ0) is 14.4. The van der Waals surface area contributed by atoms with Crippen LogP contribution < -0.4 is 4.74 Å². The van der Waals surface area contributed by atoms with Crippen molar-refractivity contribution in [1.82, 2.24) is 4.90 Å². The summed E-state index contributed by atoms with van der Waals surface area (Å²) in [6.45, 7) is 4.61. The van der Waals surface area contributed by atoms with Crippen LogP contribution in [0.4, 0.5) is 4.39 Å². The maximum absolute atomic E-state index is 13.6. The first-order valence-electron chi connectivity index (χ1n) is 6.11. The van der Waals surface area contributed by atoms with Crippen LogP contribution in [0.3, 0.4) is 0 Å². The summed E-state index contributed by atoms with van der Waals surface area (Å²) < 4.78 is 23.1. The number of halogens is 1. The van der Waals surface area contributed by atoms with Gasteiger partial charge in [0.15, 0.2) is 11.6 Å². The van der Waals surface area contributed by atoms with Crippen molar-refractivity contribution < 1.29 is 18.7 Å². The number of hydrogen-bond acceptors (Lipinski definition) is 4. The lowest BCUT2D eigenvalue weighted by Crippen LogP contribution is -2.35. The number of carbonyl (C=O) groups excluding carboxylic acids is 1. The Morgan fingerprint density at radius 2 is 2.05 bits per heavy atom. The molecule has 0 aromatic heterocycles. The van der Waals surface area contributed by atoms with Gasteiger partial charge in [-0.2, -0.15) is 0 Å². The van der Waals surface area contributed by atoms with Crippen LogP contribution in [0.2, 0.25) is 0 Å². The minimum Gasteiger partial charge on any atom is -0.494 e. The first kappa shape index (κ1) is 15.4. The van der Waals surface area contributed by atoms with Crippen LogP contribution in [0.25, 0.3) is 0 Å². The van der Waals surface area contributed by atoms with Gasteiger partial charge in [-0.15, -0.1) is 0 Å². The van der Waals surface area contributed by atoms with Crippen molar-refractivity contribution in [2.75, 3.05) is 20.8 Å². The molecule has 0 fully saturated rings. The number of methoxy groups -OCH3 is 2.